The molecule has 0 N–H and O–H groups in total. The Morgan fingerprint density at radius 2 is 2.04 bits per heavy atom. The van der Waals surface area contributed by atoms with Crippen molar-refractivity contribution in [3.8, 4) is 0 Å². The first-order valence-corrected chi connectivity index (χ1v) is 8.93. The van der Waals surface area contributed by atoms with Gasteiger partial charge in [-0.15, -0.1) is 0 Å². The molecule has 1 aromatic carbocycles. The zero-order valence-corrected chi connectivity index (χ0v) is 13.9. The lowest BCUT2D eigenvalue weighted by Gasteiger charge is -2.25. The van der Waals surface area contributed by atoms with Crippen LogP contribution in [0.25, 0.3) is 0 Å². The van der Waals surface area contributed by atoms with Gasteiger partial charge in [0.25, 0.3) is 5.24 Å². The highest BCUT2D eigenvalue weighted by Crippen LogP contribution is 2.29. The van der Waals surface area contributed by atoms with E-state index in [1.807, 2.05) is 37.3 Å². The van der Waals surface area contributed by atoms with Crippen molar-refractivity contribution < 1.29 is 14.4 Å². The summed E-state index contributed by atoms with van der Waals surface area (Å²) in [6.45, 7) is 3.07. The summed E-state index contributed by atoms with van der Waals surface area (Å²) < 4.78 is 0. The first-order valence-electron chi connectivity index (χ1n) is 7.94. The van der Waals surface area contributed by atoms with Gasteiger partial charge in [0, 0.05) is 13.1 Å². The highest BCUT2D eigenvalue weighted by atomic mass is 32.2. The van der Waals surface area contributed by atoms with Crippen molar-refractivity contribution in [2.45, 2.75) is 31.7 Å². The van der Waals surface area contributed by atoms with E-state index < -0.39 is 0 Å². The lowest BCUT2D eigenvalue weighted by molar-refractivity contribution is -0.133. The molecule has 0 aliphatic carbocycles. The number of amides is 3. The van der Waals surface area contributed by atoms with Crippen LogP contribution in [0.2, 0.25) is 0 Å². The van der Waals surface area contributed by atoms with Crippen molar-refractivity contribution >= 4 is 28.8 Å². The van der Waals surface area contributed by atoms with Crippen molar-refractivity contribution in [3.05, 3.63) is 35.9 Å². The van der Waals surface area contributed by atoms with Crippen LogP contribution < -0.4 is 0 Å². The fourth-order valence-electron chi connectivity index (χ4n) is 3.33. The summed E-state index contributed by atoms with van der Waals surface area (Å²) in [4.78, 5) is 39.6. The van der Waals surface area contributed by atoms with Gasteiger partial charge in [0.2, 0.25) is 11.8 Å². The topological polar surface area (TPSA) is 57.7 Å². The van der Waals surface area contributed by atoms with Gasteiger partial charge in [-0.05, 0) is 18.4 Å². The monoisotopic (exact) mass is 332 g/mol. The van der Waals surface area contributed by atoms with Gasteiger partial charge in [-0.3, -0.25) is 19.3 Å². The van der Waals surface area contributed by atoms with Crippen LogP contribution in [0.1, 0.15) is 31.2 Å². The minimum absolute atomic E-state index is 0.0907. The number of thioether (sulfide) groups is 1. The third-order valence-corrected chi connectivity index (χ3v) is 5.37. The maximum atomic E-state index is 12.8. The third-order valence-electron chi connectivity index (χ3n) is 4.53. The Bertz CT molecular complexity index is 604. The van der Waals surface area contributed by atoms with Crippen LogP contribution in [0.4, 0.5) is 4.79 Å². The van der Waals surface area contributed by atoms with E-state index in [1.54, 1.807) is 4.90 Å². The average molecular weight is 332 g/mol. The minimum atomic E-state index is -0.176. The molecule has 3 amide bonds. The largest absolute Gasteiger partial charge is 0.340 e. The average Bonchev–Trinajstić information content (AvgIpc) is 3.16. The lowest BCUT2D eigenvalue weighted by atomic mass is 9.95. The van der Waals surface area contributed by atoms with E-state index >= 15 is 0 Å². The number of rotatable bonds is 4. The molecule has 23 heavy (non-hydrogen) atoms. The molecule has 122 valence electrons. The molecule has 6 heteroatoms. The molecule has 2 aliphatic rings. The summed E-state index contributed by atoms with van der Waals surface area (Å²) in [6, 6.07) is 9.61. The van der Waals surface area contributed by atoms with E-state index in [1.165, 1.54) is 4.90 Å². The Morgan fingerprint density at radius 3 is 2.65 bits per heavy atom. The molecule has 2 heterocycles. The maximum absolute atomic E-state index is 12.8. The second-order valence-corrected chi connectivity index (χ2v) is 6.84. The second-order valence-electron chi connectivity index (χ2n) is 5.92. The normalized spacial score (nSPS) is 22.7. The van der Waals surface area contributed by atoms with Crippen LogP contribution in [0.15, 0.2) is 30.3 Å². The van der Waals surface area contributed by atoms with Crippen molar-refractivity contribution in [1.82, 2.24) is 9.80 Å². The molecular formula is C17H20N2O3S. The molecule has 0 saturated carbocycles. The van der Waals surface area contributed by atoms with Crippen LogP contribution >= 0.6 is 11.8 Å². The Morgan fingerprint density at radius 1 is 1.30 bits per heavy atom. The summed E-state index contributed by atoms with van der Waals surface area (Å²) in [5.41, 5.74) is 1.02. The summed E-state index contributed by atoms with van der Waals surface area (Å²) >= 11 is 1.05. The van der Waals surface area contributed by atoms with Gasteiger partial charge in [-0.1, -0.05) is 49.0 Å². The molecule has 0 aromatic heterocycles. The van der Waals surface area contributed by atoms with Crippen LogP contribution in [0, 0.1) is 0 Å². The Hall–Kier alpha value is -1.82. The van der Waals surface area contributed by atoms with Crippen LogP contribution in [-0.4, -0.2) is 51.7 Å². The molecule has 0 spiro atoms. The van der Waals surface area contributed by atoms with Gasteiger partial charge >= 0.3 is 0 Å². The quantitative estimate of drug-likeness (QED) is 0.850. The minimum Gasteiger partial charge on any atom is -0.340 e. The van der Waals surface area contributed by atoms with Gasteiger partial charge in [0.05, 0.1) is 17.7 Å². The van der Waals surface area contributed by atoms with Crippen molar-refractivity contribution in [3.63, 3.8) is 0 Å². The van der Waals surface area contributed by atoms with Gasteiger partial charge < -0.3 is 4.90 Å². The SMILES string of the molecule is CCC(C(=O)N1CCC(N2C(=O)CSC2=O)C1)c1ccccc1. The van der Waals surface area contributed by atoms with E-state index in [9.17, 15) is 14.4 Å². The van der Waals surface area contributed by atoms with Gasteiger partial charge in [0.1, 0.15) is 0 Å². The third kappa shape index (κ3) is 3.13. The zero-order chi connectivity index (χ0) is 16.4. The van der Waals surface area contributed by atoms with Crippen LogP contribution in [0.3, 0.4) is 0 Å². The molecule has 2 unspecified atom stereocenters. The maximum Gasteiger partial charge on any atom is 0.289 e. The van der Waals surface area contributed by atoms with Gasteiger partial charge in [-0.25, -0.2) is 0 Å². The molecule has 2 aliphatic heterocycles. The Kier molecular flexibility index (Phi) is 4.71. The first-order chi connectivity index (χ1) is 11.1. The summed E-state index contributed by atoms with van der Waals surface area (Å²) in [5.74, 6) is 0.0295. The summed E-state index contributed by atoms with van der Waals surface area (Å²) in [5, 5.41) is -0.176. The van der Waals surface area contributed by atoms with Crippen molar-refractivity contribution in [1.29, 1.82) is 0 Å². The Labute approximate surface area is 140 Å². The molecule has 3 rings (SSSR count). The number of carbonyl (C=O) groups is 3. The Balaban J connectivity index is 1.69. The smallest absolute Gasteiger partial charge is 0.289 e. The standard InChI is InChI=1S/C17H20N2O3S/c1-2-14(12-6-4-3-5-7-12)16(21)18-9-8-13(10-18)19-15(20)11-23-17(19)22/h3-7,13-14H,2,8-11H2,1H3. The lowest BCUT2D eigenvalue weighted by Crippen LogP contribution is -2.42. The molecule has 0 bridgehead atoms. The molecule has 2 atom stereocenters. The van der Waals surface area contributed by atoms with Crippen molar-refractivity contribution in [2.24, 2.45) is 0 Å². The highest BCUT2D eigenvalue weighted by molar-refractivity contribution is 8.14. The molecule has 1 aromatic rings. The number of imide groups is 1. The molecule has 0 radical (unpaired) electrons. The fourth-order valence-corrected chi connectivity index (χ4v) is 4.10. The highest BCUT2D eigenvalue weighted by Gasteiger charge is 2.41. The molecule has 2 saturated heterocycles. The number of likely N-dealkylation sites (tertiary alicyclic amines) is 1. The van der Waals surface area contributed by atoms with Crippen molar-refractivity contribution in [2.75, 3.05) is 18.8 Å². The fraction of sp³-hybridized carbons (Fsp3) is 0.471. The second kappa shape index (κ2) is 6.74. The van der Waals surface area contributed by atoms with Crippen LogP contribution in [0.5, 0.6) is 0 Å². The number of nitrogens with zero attached hydrogens (tertiary/aromatic N) is 2. The summed E-state index contributed by atoms with van der Waals surface area (Å²) in [6.07, 6.45) is 1.41. The number of benzene rings is 1. The van der Waals surface area contributed by atoms with E-state index in [4.69, 9.17) is 0 Å². The number of hydrogen-bond donors (Lipinski definition) is 0. The van der Waals surface area contributed by atoms with E-state index in [0.717, 1.165) is 23.7 Å². The predicted octanol–water partition coefficient (Wildman–Crippen LogP) is 2.48. The van der Waals surface area contributed by atoms with Gasteiger partial charge in [0.15, 0.2) is 0 Å². The molecule has 5 nitrogen and oxygen atoms in total. The van der Waals surface area contributed by atoms with Gasteiger partial charge in [-0.2, -0.15) is 0 Å². The summed E-state index contributed by atoms with van der Waals surface area (Å²) in [7, 11) is 0. The molecule has 2 fully saturated rings. The van der Waals surface area contributed by atoms with E-state index in [-0.39, 0.29) is 34.8 Å². The number of hydrogen-bond acceptors (Lipinski definition) is 4. The van der Waals surface area contributed by atoms with Crippen LogP contribution in [-0.2, 0) is 9.59 Å². The first kappa shape index (κ1) is 16.1. The zero-order valence-electron chi connectivity index (χ0n) is 13.1. The van der Waals surface area contributed by atoms with E-state index in [0.29, 0.717) is 19.5 Å². The number of carbonyl (C=O) groups excluding carboxylic acids is 3. The van der Waals surface area contributed by atoms with E-state index in [2.05, 4.69) is 0 Å². The predicted molar refractivity (Wildman–Crippen MR) is 89.2 cm³/mol. The molecular weight excluding hydrogens is 312 g/mol.